The fraction of sp³-hybridized carbons (Fsp3) is 0.522. The molecular weight excluding hydrogens is 367 g/mol. The zero-order chi connectivity index (χ0) is 20.2. The van der Waals surface area contributed by atoms with E-state index in [0.29, 0.717) is 23.8 Å². The van der Waals surface area contributed by atoms with Gasteiger partial charge in [0, 0.05) is 18.8 Å². The van der Waals surface area contributed by atoms with E-state index in [9.17, 15) is 9.18 Å². The highest BCUT2D eigenvalue weighted by atomic mass is 19.1. The molecule has 2 aromatic rings. The van der Waals surface area contributed by atoms with Gasteiger partial charge in [0.1, 0.15) is 11.6 Å². The van der Waals surface area contributed by atoms with Gasteiger partial charge in [0.25, 0.3) is 5.91 Å². The van der Waals surface area contributed by atoms with E-state index in [4.69, 9.17) is 4.98 Å². The maximum absolute atomic E-state index is 13.0. The summed E-state index contributed by atoms with van der Waals surface area (Å²) in [7, 11) is 0. The maximum Gasteiger partial charge on any atom is 0.254 e. The molecule has 154 valence electrons. The molecular formula is C23H29FN4O. The molecule has 0 radical (unpaired) electrons. The number of carbonyl (C=O) groups is 1. The van der Waals surface area contributed by atoms with Crippen LogP contribution in [0.5, 0.6) is 0 Å². The Kier molecular flexibility index (Phi) is 6.19. The molecule has 1 aromatic heterocycles. The minimum atomic E-state index is -0.283. The zero-order valence-corrected chi connectivity index (χ0v) is 17.0. The topological polar surface area (TPSA) is 58.1 Å². The van der Waals surface area contributed by atoms with Crippen LogP contribution in [0.15, 0.2) is 30.5 Å². The molecule has 2 heterocycles. The van der Waals surface area contributed by atoms with E-state index in [1.807, 2.05) is 6.92 Å². The standard InChI is InChI=1S/C23H29FN4O/c1-16-20(23(29)26-14-17-9-11-18(24)12-10-17)15-25-22(27-16)21-8-4-5-13-28(21)19-6-2-3-7-19/h9-12,15,19,21H,2-8,13-14H2,1H3,(H,26,29). The summed E-state index contributed by atoms with van der Waals surface area (Å²) in [5.41, 5.74) is 2.06. The minimum absolute atomic E-state index is 0.199. The van der Waals surface area contributed by atoms with Gasteiger partial charge in [0.2, 0.25) is 0 Å². The molecule has 1 N–H and O–H groups in total. The number of amides is 1. The van der Waals surface area contributed by atoms with Crippen molar-refractivity contribution in [3.63, 3.8) is 0 Å². The van der Waals surface area contributed by atoms with Crippen molar-refractivity contribution < 1.29 is 9.18 Å². The third kappa shape index (κ3) is 4.64. The number of carbonyl (C=O) groups excluding carboxylic acids is 1. The molecule has 1 saturated carbocycles. The lowest BCUT2D eigenvalue weighted by Gasteiger charge is -2.39. The summed E-state index contributed by atoms with van der Waals surface area (Å²) in [5, 5.41) is 2.88. The van der Waals surface area contributed by atoms with Crippen molar-refractivity contribution in [1.29, 1.82) is 0 Å². The average molecular weight is 397 g/mol. The molecule has 1 aliphatic heterocycles. The monoisotopic (exact) mass is 396 g/mol. The van der Waals surface area contributed by atoms with Gasteiger partial charge < -0.3 is 5.32 Å². The Hall–Kier alpha value is -2.34. The van der Waals surface area contributed by atoms with Crippen LogP contribution in [-0.4, -0.2) is 33.4 Å². The Morgan fingerprint density at radius 1 is 1.14 bits per heavy atom. The fourth-order valence-electron chi connectivity index (χ4n) is 4.65. The predicted octanol–water partition coefficient (Wildman–Crippen LogP) is 4.32. The molecule has 2 aliphatic rings. The molecule has 6 heteroatoms. The lowest BCUT2D eigenvalue weighted by Crippen LogP contribution is -2.41. The molecule has 5 nitrogen and oxygen atoms in total. The van der Waals surface area contributed by atoms with Gasteiger partial charge in [-0.15, -0.1) is 0 Å². The SMILES string of the molecule is Cc1nc(C2CCCCN2C2CCCC2)ncc1C(=O)NCc1ccc(F)cc1. The van der Waals surface area contributed by atoms with E-state index in [1.54, 1.807) is 18.3 Å². The molecule has 1 aliphatic carbocycles. The normalized spacial score (nSPS) is 20.7. The van der Waals surface area contributed by atoms with Crippen LogP contribution >= 0.6 is 0 Å². The highest BCUT2D eigenvalue weighted by Crippen LogP contribution is 2.36. The molecule has 1 amide bonds. The van der Waals surface area contributed by atoms with Crippen LogP contribution in [0.25, 0.3) is 0 Å². The van der Waals surface area contributed by atoms with Crippen molar-refractivity contribution >= 4 is 5.91 Å². The fourth-order valence-corrected chi connectivity index (χ4v) is 4.65. The summed E-state index contributed by atoms with van der Waals surface area (Å²) >= 11 is 0. The number of rotatable bonds is 5. The Balaban J connectivity index is 1.45. The summed E-state index contributed by atoms with van der Waals surface area (Å²) in [4.78, 5) is 24.6. The number of hydrogen-bond acceptors (Lipinski definition) is 4. The minimum Gasteiger partial charge on any atom is -0.348 e. The number of nitrogens with one attached hydrogen (secondary N) is 1. The second-order valence-electron chi connectivity index (χ2n) is 8.22. The van der Waals surface area contributed by atoms with Gasteiger partial charge in [-0.1, -0.05) is 31.4 Å². The molecule has 1 unspecified atom stereocenters. The van der Waals surface area contributed by atoms with Crippen LogP contribution in [0.2, 0.25) is 0 Å². The van der Waals surface area contributed by atoms with Gasteiger partial charge >= 0.3 is 0 Å². The molecule has 1 aromatic carbocycles. The number of nitrogens with zero attached hydrogens (tertiary/aromatic N) is 3. The predicted molar refractivity (Wildman–Crippen MR) is 110 cm³/mol. The van der Waals surface area contributed by atoms with E-state index in [1.165, 1.54) is 50.7 Å². The third-order valence-electron chi connectivity index (χ3n) is 6.24. The van der Waals surface area contributed by atoms with Gasteiger partial charge in [0.05, 0.1) is 17.3 Å². The first-order chi connectivity index (χ1) is 14.1. The van der Waals surface area contributed by atoms with Crippen molar-refractivity contribution in [2.45, 2.75) is 70.5 Å². The quantitative estimate of drug-likeness (QED) is 0.818. The number of likely N-dealkylation sites (tertiary alicyclic amines) is 1. The summed E-state index contributed by atoms with van der Waals surface area (Å²) in [6.07, 6.45) is 10.4. The largest absolute Gasteiger partial charge is 0.348 e. The van der Waals surface area contributed by atoms with Gasteiger partial charge in [-0.3, -0.25) is 9.69 Å². The summed E-state index contributed by atoms with van der Waals surface area (Å²) in [6, 6.07) is 7.05. The van der Waals surface area contributed by atoms with Crippen LogP contribution in [0.1, 0.15) is 78.4 Å². The Morgan fingerprint density at radius 3 is 2.59 bits per heavy atom. The molecule has 29 heavy (non-hydrogen) atoms. The number of aryl methyl sites for hydroxylation is 1. The van der Waals surface area contributed by atoms with Crippen LogP contribution < -0.4 is 5.32 Å². The van der Waals surface area contributed by atoms with Crippen molar-refractivity contribution in [3.05, 3.63) is 58.9 Å². The first kappa shape index (κ1) is 20.0. The second kappa shape index (κ2) is 8.99. The van der Waals surface area contributed by atoms with Crippen LogP contribution in [0.3, 0.4) is 0 Å². The van der Waals surface area contributed by atoms with Crippen molar-refractivity contribution in [3.8, 4) is 0 Å². The molecule has 0 spiro atoms. The lowest BCUT2D eigenvalue weighted by atomic mass is 9.98. The van der Waals surface area contributed by atoms with Crippen molar-refractivity contribution in [2.24, 2.45) is 0 Å². The van der Waals surface area contributed by atoms with Gasteiger partial charge in [-0.25, -0.2) is 14.4 Å². The second-order valence-corrected chi connectivity index (χ2v) is 8.22. The number of benzene rings is 1. The summed E-state index contributed by atoms with van der Waals surface area (Å²) in [6.45, 7) is 3.34. The number of hydrogen-bond donors (Lipinski definition) is 1. The van der Waals surface area contributed by atoms with E-state index < -0.39 is 0 Å². The van der Waals surface area contributed by atoms with Crippen molar-refractivity contribution in [2.75, 3.05) is 6.54 Å². The van der Waals surface area contributed by atoms with Gasteiger partial charge in [-0.05, 0) is 56.8 Å². The Bertz CT molecular complexity index is 848. The van der Waals surface area contributed by atoms with E-state index >= 15 is 0 Å². The van der Waals surface area contributed by atoms with E-state index in [2.05, 4.69) is 15.2 Å². The maximum atomic E-state index is 13.0. The Morgan fingerprint density at radius 2 is 1.86 bits per heavy atom. The van der Waals surface area contributed by atoms with E-state index in [-0.39, 0.29) is 17.8 Å². The third-order valence-corrected chi connectivity index (χ3v) is 6.24. The highest BCUT2D eigenvalue weighted by Gasteiger charge is 2.33. The van der Waals surface area contributed by atoms with Crippen LogP contribution in [-0.2, 0) is 6.54 Å². The first-order valence-corrected chi connectivity index (χ1v) is 10.7. The lowest BCUT2D eigenvalue weighted by molar-refractivity contribution is 0.0906. The molecule has 1 saturated heterocycles. The zero-order valence-electron chi connectivity index (χ0n) is 17.0. The average Bonchev–Trinajstić information content (AvgIpc) is 3.28. The number of piperidine rings is 1. The van der Waals surface area contributed by atoms with E-state index in [0.717, 1.165) is 24.4 Å². The first-order valence-electron chi connectivity index (χ1n) is 10.7. The molecule has 0 bridgehead atoms. The van der Waals surface area contributed by atoms with Crippen LogP contribution in [0, 0.1) is 12.7 Å². The van der Waals surface area contributed by atoms with Crippen molar-refractivity contribution in [1.82, 2.24) is 20.2 Å². The summed E-state index contributed by atoms with van der Waals surface area (Å²) in [5.74, 6) is 0.369. The highest BCUT2D eigenvalue weighted by molar-refractivity contribution is 5.94. The van der Waals surface area contributed by atoms with Crippen LogP contribution in [0.4, 0.5) is 4.39 Å². The molecule has 2 fully saturated rings. The number of halogens is 1. The van der Waals surface area contributed by atoms with Gasteiger partial charge in [0.15, 0.2) is 0 Å². The smallest absolute Gasteiger partial charge is 0.254 e. The number of aromatic nitrogens is 2. The molecule has 4 rings (SSSR count). The van der Waals surface area contributed by atoms with Gasteiger partial charge in [-0.2, -0.15) is 0 Å². The Labute approximate surface area is 171 Å². The summed E-state index contributed by atoms with van der Waals surface area (Å²) < 4.78 is 13.0. The molecule has 1 atom stereocenters.